The van der Waals surface area contributed by atoms with E-state index in [4.69, 9.17) is 0 Å². The lowest BCUT2D eigenvalue weighted by Gasteiger charge is -2.01. The van der Waals surface area contributed by atoms with Gasteiger partial charge in [0.05, 0.1) is 0 Å². The second-order valence-electron chi connectivity index (χ2n) is 2.66. The van der Waals surface area contributed by atoms with Gasteiger partial charge in [0.1, 0.15) is 0 Å². The van der Waals surface area contributed by atoms with Gasteiger partial charge < -0.3 is 5.32 Å². The van der Waals surface area contributed by atoms with Crippen LogP contribution in [0.15, 0.2) is 30.3 Å². The van der Waals surface area contributed by atoms with Crippen LogP contribution in [0, 0.1) is 0 Å². The molecular weight excluding hydrogens is 182 g/mol. The minimum absolute atomic E-state index is 0.995. The van der Waals surface area contributed by atoms with Gasteiger partial charge in [-0.2, -0.15) is 0 Å². The zero-order chi connectivity index (χ0) is 9.94. The van der Waals surface area contributed by atoms with E-state index in [0.29, 0.717) is 0 Å². The average molecular weight is 200 g/mol. The van der Waals surface area contributed by atoms with Crippen molar-refractivity contribution in [2.24, 2.45) is 0 Å². The third-order valence-corrected chi connectivity index (χ3v) is 1.60. The first-order valence-electron chi connectivity index (χ1n) is 4.56. The van der Waals surface area contributed by atoms with Crippen LogP contribution in [0.4, 0.5) is 0 Å². The van der Waals surface area contributed by atoms with Gasteiger partial charge in [0.25, 0.3) is 0 Å². The Hall–Kier alpha value is -0.530. The summed E-state index contributed by atoms with van der Waals surface area (Å²) in [5, 5.41) is 3.35. The highest BCUT2D eigenvalue weighted by atomic mass is 35.5. The minimum atomic E-state index is 0.995. The van der Waals surface area contributed by atoms with E-state index in [1.165, 1.54) is 18.4 Å². The highest BCUT2D eigenvalue weighted by Gasteiger charge is 1.87. The molecule has 0 atom stereocenters. The summed E-state index contributed by atoms with van der Waals surface area (Å²) in [6, 6.07) is 10.5. The zero-order valence-corrected chi connectivity index (χ0v) is 9.14. The van der Waals surface area contributed by atoms with Gasteiger partial charge in [-0.1, -0.05) is 37.3 Å². The second kappa shape index (κ2) is 9.56. The summed E-state index contributed by atoms with van der Waals surface area (Å²) in [4.78, 5) is 0. The van der Waals surface area contributed by atoms with Crippen LogP contribution in [0.2, 0.25) is 0 Å². The summed E-state index contributed by atoms with van der Waals surface area (Å²) in [6.07, 6.45) is 2.67. The van der Waals surface area contributed by atoms with Gasteiger partial charge in [0, 0.05) is 12.9 Å². The molecule has 74 valence electrons. The van der Waals surface area contributed by atoms with Crippen LogP contribution >= 0.6 is 11.6 Å². The summed E-state index contributed by atoms with van der Waals surface area (Å²) in [6.45, 7) is 4.28. The highest BCUT2D eigenvalue weighted by Crippen LogP contribution is 1.96. The van der Waals surface area contributed by atoms with Gasteiger partial charge >= 0.3 is 0 Å². The SMILES string of the molecule is CCCNCc1ccccc1.CCl. The fourth-order valence-electron chi connectivity index (χ4n) is 1.01. The molecule has 0 fully saturated rings. The minimum Gasteiger partial charge on any atom is -0.313 e. The predicted molar refractivity (Wildman–Crippen MR) is 60.2 cm³/mol. The normalized spacial score (nSPS) is 8.85. The number of rotatable bonds is 4. The lowest BCUT2D eigenvalue weighted by molar-refractivity contribution is 0.675. The smallest absolute Gasteiger partial charge is 0.0205 e. The molecular formula is C11H18ClN. The molecule has 0 bridgehead atoms. The number of hydrogen-bond acceptors (Lipinski definition) is 1. The van der Waals surface area contributed by atoms with E-state index >= 15 is 0 Å². The fourth-order valence-corrected chi connectivity index (χ4v) is 1.01. The van der Waals surface area contributed by atoms with Crippen molar-refractivity contribution >= 4 is 11.6 Å². The highest BCUT2D eigenvalue weighted by molar-refractivity contribution is 6.15. The fraction of sp³-hybridized carbons (Fsp3) is 0.455. The predicted octanol–water partition coefficient (Wildman–Crippen LogP) is 3.04. The molecule has 0 aliphatic heterocycles. The number of hydrogen-bond donors (Lipinski definition) is 1. The molecule has 0 amide bonds. The van der Waals surface area contributed by atoms with E-state index in [0.717, 1.165) is 13.1 Å². The van der Waals surface area contributed by atoms with Crippen LogP contribution in [0.5, 0.6) is 0 Å². The summed E-state index contributed by atoms with van der Waals surface area (Å²) < 4.78 is 0. The molecule has 1 rings (SSSR count). The molecule has 0 unspecified atom stereocenters. The van der Waals surface area contributed by atoms with Crippen molar-refractivity contribution in [3.8, 4) is 0 Å². The van der Waals surface area contributed by atoms with Gasteiger partial charge in [0.2, 0.25) is 0 Å². The number of alkyl halides is 1. The number of nitrogens with one attached hydrogen (secondary N) is 1. The van der Waals surface area contributed by atoms with E-state index in [1.54, 1.807) is 0 Å². The van der Waals surface area contributed by atoms with E-state index in [-0.39, 0.29) is 0 Å². The first-order chi connectivity index (χ1) is 6.43. The summed E-state index contributed by atoms with van der Waals surface area (Å²) in [7, 11) is 0. The molecule has 0 aromatic heterocycles. The third kappa shape index (κ3) is 6.62. The summed E-state index contributed by atoms with van der Waals surface area (Å²) in [5.41, 5.74) is 1.36. The molecule has 1 nitrogen and oxygen atoms in total. The van der Waals surface area contributed by atoms with Crippen LogP contribution in [0.3, 0.4) is 0 Å². The largest absolute Gasteiger partial charge is 0.313 e. The summed E-state index contributed by atoms with van der Waals surface area (Å²) >= 11 is 4.64. The Morgan fingerprint density at radius 1 is 1.15 bits per heavy atom. The molecule has 1 aromatic rings. The van der Waals surface area contributed by atoms with E-state index < -0.39 is 0 Å². The van der Waals surface area contributed by atoms with Gasteiger partial charge in [-0.05, 0) is 18.5 Å². The number of halogens is 1. The van der Waals surface area contributed by atoms with Gasteiger partial charge in [-0.25, -0.2) is 0 Å². The Labute approximate surface area is 86.1 Å². The standard InChI is InChI=1S/C10H15N.CH3Cl/c1-2-8-11-9-10-6-4-3-5-7-10;1-2/h3-7,11H,2,8-9H2,1H3;1H3. The molecule has 1 N–H and O–H groups in total. The average Bonchev–Trinajstić information content (AvgIpc) is 2.23. The van der Waals surface area contributed by atoms with Gasteiger partial charge in [-0.3, -0.25) is 0 Å². The quantitative estimate of drug-likeness (QED) is 0.581. The van der Waals surface area contributed by atoms with Crippen LogP contribution in [-0.2, 0) is 6.54 Å². The Balaban J connectivity index is 0.000000671. The van der Waals surface area contributed by atoms with E-state index in [2.05, 4.69) is 48.1 Å². The first-order valence-corrected chi connectivity index (χ1v) is 5.31. The number of benzene rings is 1. The van der Waals surface area contributed by atoms with Crippen LogP contribution in [0.25, 0.3) is 0 Å². The maximum absolute atomic E-state index is 4.64. The van der Waals surface area contributed by atoms with Crippen molar-refractivity contribution in [2.45, 2.75) is 19.9 Å². The van der Waals surface area contributed by atoms with E-state index in [9.17, 15) is 0 Å². The summed E-state index contributed by atoms with van der Waals surface area (Å²) in [5.74, 6) is 0. The van der Waals surface area contributed by atoms with Crippen molar-refractivity contribution in [1.82, 2.24) is 5.32 Å². The lowest BCUT2D eigenvalue weighted by atomic mass is 10.2. The Morgan fingerprint density at radius 2 is 1.77 bits per heavy atom. The molecule has 0 saturated carbocycles. The molecule has 0 aliphatic carbocycles. The zero-order valence-electron chi connectivity index (χ0n) is 8.39. The molecule has 2 heteroatoms. The molecule has 0 spiro atoms. The van der Waals surface area contributed by atoms with Crippen LogP contribution in [0.1, 0.15) is 18.9 Å². The molecule has 0 aliphatic rings. The Kier molecular flexibility index (Phi) is 9.17. The molecule has 1 aromatic carbocycles. The Morgan fingerprint density at radius 3 is 2.31 bits per heavy atom. The lowest BCUT2D eigenvalue weighted by Crippen LogP contribution is -2.13. The van der Waals surface area contributed by atoms with Crippen molar-refractivity contribution < 1.29 is 0 Å². The topological polar surface area (TPSA) is 12.0 Å². The second-order valence-corrected chi connectivity index (χ2v) is 2.66. The maximum Gasteiger partial charge on any atom is 0.0205 e. The maximum atomic E-state index is 4.64. The van der Waals surface area contributed by atoms with E-state index in [1.807, 2.05) is 6.07 Å². The van der Waals surface area contributed by atoms with Crippen LogP contribution < -0.4 is 5.32 Å². The van der Waals surface area contributed by atoms with Crippen LogP contribution in [-0.4, -0.2) is 12.9 Å². The van der Waals surface area contributed by atoms with Crippen molar-refractivity contribution in [3.63, 3.8) is 0 Å². The van der Waals surface area contributed by atoms with Crippen molar-refractivity contribution in [2.75, 3.05) is 12.9 Å². The first kappa shape index (κ1) is 12.5. The van der Waals surface area contributed by atoms with Crippen molar-refractivity contribution in [3.05, 3.63) is 35.9 Å². The van der Waals surface area contributed by atoms with Gasteiger partial charge in [0.15, 0.2) is 0 Å². The Bertz CT molecular complexity index is 187. The van der Waals surface area contributed by atoms with Gasteiger partial charge in [-0.15, -0.1) is 11.6 Å². The molecule has 13 heavy (non-hydrogen) atoms. The molecule has 0 saturated heterocycles. The third-order valence-electron chi connectivity index (χ3n) is 1.60. The molecule has 0 radical (unpaired) electrons. The molecule has 0 heterocycles. The van der Waals surface area contributed by atoms with Crippen molar-refractivity contribution in [1.29, 1.82) is 0 Å². The monoisotopic (exact) mass is 199 g/mol.